The summed E-state index contributed by atoms with van der Waals surface area (Å²) < 4.78 is 2.27. The predicted molar refractivity (Wildman–Crippen MR) is 151 cm³/mol. The smallest absolute Gasteiger partial charge is 0.320 e. The van der Waals surface area contributed by atoms with Crippen LogP contribution in [-0.4, -0.2) is 69.0 Å². The molecule has 6 nitrogen and oxygen atoms in total. The lowest BCUT2D eigenvalue weighted by molar-refractivity contribution is -0.144. The van der Waals surface area contributed by atoms with Crippen molar-refractivity contribution in [1.82, 2.24) is 19.2 Å². The first-order valence-corrected chi connectivity index (χ1v) is 14.6. The number of nitrogens with zero attached hydrogens (tertiary/aromatic N) is 4. The molecule has 38 heavy (non-hydrogen) atoms. The Balaban J connectivity index is 1.15. The molecule has 1 aliphatic carbocycles. The molecule has 0 spiro atoms. The van der Waals surface area contributed by atoms with Gasteiger partial charge in [0.05, 0.1) is 0 Å². The molecule has 4 heterocycles. The van der Waals surface area contributed by atoms with Gasteiger partial charge in [0.25, 0.3) is 0 Å². The van der Waals surface area contributed by atoms with Gasteiger partial charge in [-0.15, -0.1) is 0 Å². The molecule has 1 saturated carbocycles. The molecule has 3 aromatic rings. The van der Waals surface area contributed by atoms with Gasteiger partial charge in [-0.05, 0) is 81.3 Å². The zero-order chi connectivity index (χ0) is 26.2. The van der Waals surface area contributed by atoms with Crippen LogP contribution in [0.5, 0.6) is 0 Å². The second kappa shape index (κ2) is 10.8. The highest BCUT2D eigenvalue weighted by Gasteiger charge is 2.41. The Morgan fingerprint density at radius 1 is 1.05 bits per heavy atom. The number of rotatable bonds is 8. The van der Waals surface area contributed by atoms with Crippen LogP contribution in [0.2, 0.25) is 0 Å². The highest BCUT2D eigenvalue weighted by atomic mass is 16.4. The maximum atomic E-state index is 12.4. The van der Waals surface area contributed by atoms with Crippen LogP contribution in [0.4, 0.5) is 0 Å². The van der Waals surface area contributed by atoms with E-state index in [4.69, 9.17) is 0 Å². The van der Waals surface area contributed by atoms with Gasteiger partial charge in [-0.3, -0.25) is 9.69 Å². The van der Waals surface area contributed by atoms with E-state index in [0.717, 1.165) is 57.6 Å². The Kier molecular flexibility index (Phi) is 7.28. The number of benzene rings is 1. The van der Waals surface area contributed by atoms with Crippen molar-refractivity contribution >= 4 is 11.6 Å². The summed E-state index contributed by atoms with van der Waals surface area (Å²) in [5.74, 6) is 1.34. The molecule has 202 valence electrons. The van der Waals surface area contributed by atoms with Crippen LogP contribution in [0.25, 0.3) is 5.65 Å². The summed E-state index contributed by atoms with van der Waals surface area (Å²) in [7, 11) is 0. The van der Waals surface area contributed by atoms with Gasteiger partial charge in [-0.25, -0.2) is 4.98 Å². The third-order valence-corrected chi connectivity index (χ3v) is 9.64. The van der Waals surface area contributed by atoms with E-state index < -0.39 is 5.97 Å². The highest BCUT2D eigenvalue weighted by molar-refractivity contribution is 5.73. The molecule has 6 rings (SSSR count). The molecule has 2 saturated heterocycles. The van der Waals surface area contributed by atoms with Gasteiger partial charge < -0.3 is 14.4 Å². The van der Waals surface area contributed by atoms with Crippen LogP contribution in [0.3, 0.4) is 0 Å². The molecule has 0 radical (unpaired) electrons. The molecule has 0 bridgehead atoms. The minimum atomic E-state index is -0.635. The van der Waals surface area contributed by atoms with Crippen LogP contribution in [0, 0.1) is 25.7 Å². The first kappa shape index (κ1) is 25.6. The van der Waals surface area contributed by atoms with E-state index in [0.29, 0.717) is 23.7 Å². The molecule has 3 unspecified atom stereocenters. The van der Waals surface area contributed by atoms with Crippen molar-refractivity contribution in [2.75, 3.05) is 32.7 Å². The molecule has 2 aliphatic heterocycles. The van der Waals surface area contributed by atoms with E-state index in [-0.39, 0.29) is 6.04 Å². The second-order valence-corrected chi connectivity index (χ2v) is 12.3. The van der Waals surface area contributed by atoms with Crippen molar-refractivity contribution in [2.45, 2.75) is 70.3 Å². The topological polar surface area (TPSA) is 61.1 Å². The van der Waals surface area contributed by atoms with Crippen LogP contribution >= 0.6 is 0 Å². The molecule has 1 aromatic carbocycles. The Hall–Kier alpha value is -2.70. The minimum absolute atomic E-state index is 0.345. The lowest BCUT2D eigenvalue weighted by Crippen LogP contribution is -2.43. The Morgan fingerprint density at radius 3 is 2.55 bits per heavy atom. The number of piperidine rings is 1. The number of fused-ring (bicyclic) bond motifs is 1. The van der Waals surface area contributed by atoms with Crippen molar-refractivity contribution in [3.05, 3.63) is 71.2 Å². The van der Waals surface area contributed by atoms with E-state index in [1.54, 1.807) is 0 Å². The number of carboxylic acids is 1. The fraction of sp³-hybridized carbons (Fsp3) is 0.562. The fourth-order valence-corrected chi connectivity index (χ4v) is 7.22. The minimum Gasteiger partial charge on any atom is -0.480 e. The second-order valence-electron chi connectivity index (χ2n) is 12.3. The van der Waals surface area contributed by atoms with E-state index >= 15 is 0 Å². The maximum absolute atomic E-state index is 12.4. The van der Waals surface area contributed by atoms with Gasteiger partial charge >= 0.3 is 5.97 Å². The van der Waals surface area contributed by atoms with Crippen molar-refractivity contribution in [3.8, 4) is 0 Å². The van der Waals surface area contributed by atoms with Gasteiger partial charge in [0, 0.05) is 49.6 Å². The monoisotopic (exact) mass is 514 g/mol. The summed E-state index contributed by atoms with van der Waals surface area (Å²) in [4.78, 5) is 22.0. The maximum Gasteiger partial charge on any atom is 0.320 e. The number of aliphatic carboxylic acids is 1. The van der Waals surface area contributed by atoms with Gasteiger partial charge in [-0.2, -0.15) is 0 Å². The van der Waals surface area contributed by atoms with Crippen molar-refractivity contribution < 1.29 is 9.90 Å². The first-order valence-electron chi connectivity index (χ1n) is 14.6. The lowest BCUT2D eigenvalue weighted by Gasteiger charge is -2.35. The number of likely N-dealkylation sites (tertiary alicyclic amines) is 2. The number of carboxylic acid groups (broad SMARTS) is 1. The highest BCUT2D eigenvalue weighted by Crippen LogP contribution is 2.39. The Morgan fingerprint density at radius 2 is 1.84 bits per heavy atom. The van der Waals surface area contributed by atoms with E-state index in [1.807, 2.05) is 0 Å². The fourth-order valence-electron chi connectivity index (χ4n) is 7.22. The number of pyridine rings is 1. The van der Waals surface area contributed by atoms with Crippen molar-refractivity contribution in [3.63, 3.8) is 0 Å². The van der Waals surface area contributed by atoms with Crippen LogP contribution in [0.15, 0.2) is 48.8 Å². The quantitative estimate of drug-likeness (QED) is 0.431. The van der Waals surface area contributed by atoms with Crippen LogP contribution in [-0.2, 0) is 4.79 Å². The van der Waals surface area contributed by atoms with Crippen LogP contribution < -0.4 is 0 Å². The number of carbonyl (C=O) groups is 1. The number of aromatic nitrogens is 2. The molecular weight excluding hydrogens is 472 g/mol. The third kappa shape index (κ3) is 5.26. The molecule has 6 heteroatoms. The summed E-state index contributed by atoms with van der Waals surface area (Å²) in [6, 6.07) is 12.9. The van der Waals surface area contributed by atoms with Gasteiger partial charge in [0.2, 0.25) is 0 Å². The van der Waals surface area contributed by atoms with Gasteiger partial charge in [0.15, 0.2) is 0 Å². The summed E-state index contributed by atoms with van der Waals surface area (Å²) in [5.41, 5.74) is 6.29. The molecule has 0 amide bonds. The molecular formula is C32H42N4O2. The average molecular weight is 515 g/mol. The van der Waals surface area contributed by atoms with Crippen molar-refractivity contribution in [1.29, 1.82) is 0 Å². The third-order valence-electron chi connectivity index (χ3n) is 9.64. The van der Waals surface area contributed by atoms with Crippen molar-refractivity contribution in [2.24, 2.45) is 11.8 Å². The average Bonchev–Trinajstić information content (AvgIpc) is 3.47. The molecule has 1 N–H and O–H groups in total. The first-order chi connectivity index (χ1) is 18.4. The zero-order valence-corrected chi connectivity index (χ0v) is 22.9. The van der Waals surface area contributed by atoms with Crippen LogP contribution in [0.1, 0.15) is 72.7 Å². The number of hydrogen-bond donors (Lipinski definition) is 1. The predicted octanol–water partition coefficient (Wildman–Crippen LogP) is 5.49. The lowest BCUT2D eigenvalue weighted by atomic mass is 9.80. The summed E-state index contributed by atoms with van der Waals surface area (Å²) in [5, 5.41) is 10.2. The van der Waals surface area contributed by atoms with Gasteiger partial charge in [-0.1, -0.05) is 49.1 Å². The number of aryl methyl sites for hydroxylation is 2. The summed E-state index contributed by atoms with van der Waals surface area (Å²) >= 11 is 0. The number of hydrogen-bond acceptors (Lipinski definition) is 4. The summed E-state index contributed by atoms with van der Waals surface area (Å²) in [6.45, 7) is 9.24. The molecule has 3 aliphatic rings. The van der Waals surface area contributed by atoms with E-state index in [1.165, 1.54) is 41.6 Å². The molecule has 2 aromatic heterocycles. The number of imidazole rings is 1. The van der Waals surface area contributed by atoms with E-state index in [9.17, 15) is 9.90 Å². The normalized spacial score (nSPS) is 24.6. The zero-order valence-electron chi connectivity index (χ0n) is 22.9. The Bertz CT molecular complexity index is 1270. The SMILES string of the molecule is Cc1cccc(C2CN(C(CC3CCC3)C(=O)O)CC2CN2CCC(c3cnc4cc(C)ccn34)CC2)c1. The van der Waals surface area contributed by atoms with E-state index in [2.05, 4.69) is 81.8 Å². The summed E-state index contributed by atoms with van der Waals surface area (Å²) in [6.07, 6.45) is 11.0. The molecule has 3 atom stereocenters. The largest absolute Gasteiger partial charge is 0.480 e. The standard InChI is InChI=1S/C32H42N4O2/c1-22-5-3-8-26(15-22)28-21-35(29(32(37)38)17-24-6-4-7-24)20-27(28)19-34-12-10-25(11-13-34)30-18-33-31-16-23(2)9-14-36(30)31/h3,5,8-9,14-16,18,24-25,27-29H,4,6-7,10-13,17,19-21H2,1-2H3,(H,37,38). The Labute approximate surface area is 226 Å². The molecule has 3 fully saturated rings. The van der Waals surface area contributed by atoms with Gasteiger partial charge in [0.1, 0.15) is 11.7 Å².